The quantitative estimate of drug-likeness (QED) is 0.554. The Hall–Kier alpha value is -0.910. The Balaban J connectivity index is 1.54. The molecule has 174 valence electrons. The van der Waals surface area contributed by atoms with Gasteiger partial charge in [0.2, 0.25) is 0 Å². The van der Waals surface area contributed by atoms with Gasteiger partial charge in [0, 0.05) is 0 Å². The van der Waals surface area contributed by atoms with Crippen LogP contribution in [0, 0.1) is 23.2 Å². The third-order valence-electron chi connectivity index (χ3n) is 8.59. The number of hydrogen-bond acceptors (Lipinski definition) is 4. The van der Waals surface area contributed by atoms with E-state index in [1.54, 1.807) is 12.1 Å². The summed E-state index contributed by atoms with van der Waals surface area (Å²) in [6, 6.07) is 9.08. The standard InChI is InChI=1S/C26H40O4S/c1-18(17-23-24(2,3)30-25(4,5)29-23)20-14-15-21-22(13-10-16-26(20,21)6)31(27,28)19-11-8-7-9-12-19/h7-9,11-12,18,20-23H,10,13-17H2,1-6H3/t18-,20-,21+,22-,23-,26-/m0/s1. The maximum absolute atomic E-state index is 13.5. The van der Waals surface area contributed by atoms with Crippen molar-refractivity contribution in [1.29, 1.82) is 0 Å². The first kappa shape index (κ1) is 23.3. The predicted molar refractivity (Wildman–Crippen MR) is 123 cm³/mol. The average Bonchev–Trinajstić information content (AvgIpc) is 3.13. The van der Waals surface area contributed by atoms with Gasteiger partial charge in [-0.25, -0.2) is 8.42 Å². The van der Waals surface area contributed by atoms with Gasteiger partial charge in [0.05, 0.1) is 21.9 Å². The van der Waals surface area contributed by atoms with Gasteiger partial charge in [-0.15, -0.1) is 0 Å². The Morgan fingerprint density at radius 3 is 2.32 bits per heavy atom. The Bertz CT molecular complexity index is 891. The van der Waals surface area contributed by atoms with Crippen molar-refractivity contribution in [2.24, 2.45) is 23.2 Å². The SMILES string of the molecule is C[C@@H](C[C@@H]1OC(C)(C)OC1(C)C)[C@@H]1CC[C@@H]2[C@@H](S(=O)(=O)c3ccccc3)CCC[C@]21C. The second-order valence-electron chi connectivity index (χ2n) is 11.5. The van der Waals surface area contributed by atoms with Gasteiger partial charge in [0.15, 0.2) is 15.6 Å². The molecule has 0 bridgehead atoms. The van der Waals surface area contributed by atoms with Gasteiger partial charge in [-0.3, -0.25) is 0 Å². The van der Waals surface area contributed by atoms with Gasteiger partial charge in [0.1, 0.15) is 0 Å². The molecule has 4 nitrogen and oxygen atoms in total. The molecule has 1 aromatic carbocycles. The summed E-state index contributed by atoms with van der Waals surface area (Å²) in [5.74, 6) is 0.684. The number of hydrogen-bond donors (Lipinski definition) is 0. The summed E-state index contributed by atoms with van der Waals surface area (Å²) in [7, 11) is -3.30. The van der Waals surface area contributed by atoms with Gasteiger partial charge < -0.3 is 9.47 Å². The van der Waals surface area contributed by atoms with Crippen molar-refractivity contribution in [3.05, 3.63) is 30.3 Å². The topological polar surface area (TPSA) is 52.6 Å². The zero-order chi connectivity index (χ0) is 22.7. The van der Waals surface area contributed by atoms with Crippen molar-refractivity contribution in [3.63, 3.8) is 0 Å². The molecule has 2 saturated carbocycles. The first-order chi connectivity index (χ1) is 14.4. The van der Waals surface area contributed by atoms with Crippen molar-refractivity contribution in [1.82, 2.24) is 0 Å². The van der Waals surface area contributed by atoms with Crippen LogP contribution in [0.1, 0.15) is 80.1 Å². The molecule has 2 aliphatic carbocycles. The van der Waals surface area contributed by atoms with Gasteiger partial charge in [-0.2, -0.15) is 0 Å². The molecule has 1 heterocycles. The number of fused-ring (bicyclic) bond motifs is 1. The molecule has 0 aromatic heterocycles. The molecule has 5 heteroatoms. The Labute approximate surface area is 189 Å². The molecular formula is C26H40O4S. The fourth-order valence-corrected chi connectivity index (χ4v) is 9.54. The monoisotopic (exact) mass is 448 g/mol. The second kappa shape index (κ2) is 7.85. The minimum absolute atomic E-state index is 0.0626. The van der Waals surface area contributed by atoms with Crippen molar-refractivity contribution < 1.29 is 17.9 Å². The van der Waals surface area contributed by atoms with Crippen LogP contribution in [-0.4, -0.2) is 31.2 Å². The lowest BCUT2D eigenvalue weighted by atomic mass is 9.62. The smallest absolute Gasteiger partial charge is 0.181 e. The van der Waals surface area contributed by atoms with E-state index in [9.17, 15) is 8.42 Å². The lowest BCUT2D eigenvalue weighted by molar-refractivity contribution is -0.158. The van der Waals surface area contributed by atoms with Crippen LogP contribution in [0.2, 0.25) is 0 Å². The zero-order valence-corrected chi connectivity index (χ0v) is 20.9. The molecule has 3 aliphatic rings. The van der Waals surface area contributed by atoms with Gasteiger partial charge in [0.25, 0.3) is 0 Å². The summed E-state index contributed by atoms with van der Waals surface area (Å²) in [6.45, 7) is 13.0. The van der Waals surface area contributed by atoms with E-state index >= 15 is 0 Å². The highest BCUT2D eigenvalue weighted by atomic mass is 32.2. The van der Waals surface area contributed by atoms with Crippen molar-refractivity contribution in [2.75, 3.05) is 0 Å². The highest BCUT2D eigenvalue weighted by molar-refractivity contribution is 7.92. The van der Waals surface area contributed by atoms with Gasteiger partial charge in [-0.05, 0) is 95.1 Å². The maximum Gasteiger partial charge on any atom is 0.181 e. The third kappa shape index (κ3) is 4.11. The third-order valence-corrected chi connectivity index (χ3v) is 10.9. The first-order valence-electron chi connectivity index (χ1n) is 12.0. The van der Waals surface area contributed by atoms with Crippen LogP contribution >= 0.6 is 0 Å². The molecule has 0 radical (unpaired) electrons. The van der Waals surface area contributed by atoms with Crippen LogP contribution in [0.25, 0.3) is 0 Å². The summed E-state index contributed by atoms with van der Waals surface area (Å²) in [4.78, 5) is 0.487. The minimum atomic E-state index is -3.30. The lowest BCUT2D eigenvalue weighted by Gasteiger charge is -2.46. The first-order valence-corrected chi connectivity index (χ1v) is 13.6. The van der Waals surface area contributed by atoms with Gasteiger partial charge in [-0.1, -0.05) is 38.5 Å². The molecule has 0 spiro atoms. The van der Waals surface area contributed by atoms with Crippen molar-refractivity contribution >= 4 is 9.84 Å². The Morgan fingerprint density at radius 2 is 1.71 bits per heavy atom. The molecule has 3 fully saturated rings. The summed E-state index contributed by atoms with van der Waals surface area (Å²) < 4.78 is 39.5. The zero-order valence-electron chi connectivity index (χ0n) is 20.1. The molecular weight excluding hydrogens is 408 g/mol. The summed E-state index contributed by atoms with van der Waals surface area (Å²) in [5.41, 5.74) is -0.230. The van der Waals surface area contributed by atoms with Crippen LogP contribution in [0.3, 0.4) is 0 Å². The number of benzene rings is 1. The van der Waals surface area contributed by atoms with E-state index in [1.165, 1.54) is 0 Å². The van der Waals surface area contributed by atoms with E-state index in [-0.39, 0.29) is 28.3 Å². The highest BCUT2D eigenvalue weighted by Crippen LogP contribution is 2.60. The van der Waals surface area contributed by atoms with Crippen LogP contribution in [-0.2, 0) is 19.3 Å². The minimum Gasteiger partial charge on any atom is -0.344 e. The number of ether oxygens (including phenoxy) is 2. The highest BCUT2D eigenvalue weighted by Gasteiger charge is 2.56. The molecule has 1 aromatic rings. The van der Waals surface area contributed by atoms with Crippen LogP contribution in [0.5, 0.6) is 0 Å². The molecule has 0 amide bonds. The summed E-state index contributed by atoms with van der Waals surface area (Å²) >= 11 is 0. The molecule has 0 unspecified atom stereocenters. The molecule has 31 heavy (non-hydrogen) atoms. The van der Waals surface area contributed by atoms with Crippen LogP contribution in [0.15, 0.2) is 35.2 Å². The maximum atomic E-state index is 13.5. The van der Waals surface area contributed by atoms with E-state index in [0.717, 1.165) is 38.5 Å². The second-order valence-corrected chi connectivity index (χ2v) is 13.7. The van der Waals surface area contributed by atoms with E-state index in [4.69, 9.17) is 9.47 Å². The van der Waals surface area contributed by atoms with Crippen molar-refractivity contribution in [3.8, 4) is 0 Å². The lowest BCUT2D eigenvalue weighted by Crippen LogP contribution is -2.45. The molecule has 4 rings (SSSR count). The van der Waals surface area contributed by atoms with Crippen molar-refractivity contribution in [2.45, 2.75) is 108 Å². The molecule has 0 N–H and O–H groups in total. The molecule has 6 atom stereocenters. The normalized spacial score (nSPS) is 38.0. The fraction of sp³-hybridized carbons (Fsp3) is 0.769. The van der Waals surface area contributed by atoms with Crippen LogP contribution in [0.4, 0.5) is 0 Å². The fourth-order valence-electron chi connectivity index (χ4n) is 7.29. The molecule has 1 aliphatic heterocycles. The predicted octanol–water partition coefficient (Wildman–Crippen LogP) is 6.00. The van der Waals surface area contributed by atoms with E-state index in [2.05, 4.69) is 27.7 Å². The Morgan fingerprint density at radius 1 is 1.03 bits per heavy atom. The molecule has 1 saturated heterocycles. The Kier molecular flexibility index (Phi) is 5.89. The van der Waals surface area contributed by atoms with E-state index < -0.39 is 15.6 Å². The van der Waals surface area contributed by atoms with E-state index in [1.807, 2.05) is 32.0 Å². The summed E-state index contributed by atoms with van der Waals surface area (Å²) in [6.07, 6.45) is 6.06. The number of rotatable bonds is 5. The van der Waals surface area contributed by atoms with Gasteiger partial charge >= 0.3 is 0 Å². The average molecular weight is 449 g/mol. The number of sulfone groups is 1. The largest absolute Gasteiger partial charge is 0.344 e. The van der Waals surface area contributed by atoms with E-state index in [0.29, 0.717) is 16.7 Å². The van der Waals surface area contributed by atoms with Crippen LogP contribution < -0.4 is 0 Å². The summed E-state index contributed by atoms with van der Waals surface area (Å²) in [5, 5.41) is -0.257.